The molecule has 0 spiro atoms. The number of nitrogens with one attached hydrogen (secondary N) is 1. The number of nitrogens with zero attached hydrogens (tertiary/aromatic N) is 1. The van der Waals surface area contributed by atoms with E-state index in [0.717, 1.165) is 0 Å². The lowest BCUT2D eigenvalue weighted by molar-refractivity contribution is 0.210. The van der Waals surface area contributed by atoms with Crippen molar-refractivity contribution in [2.24, 2.45) is 0 Å². The van der Waals surface area contributed by atoms with Crippen molar-refractivity contribution in [3.63, 3.8) is 0 Å². The first kappa shape index (κ1) is 11.5. The van der Waals surface area contributed by atoms with Crippen molar-refractivity contribution in [2.45, 2.75) is 13.0 Å². The van der Waals surface area contributed by atoms with E-state index in [-0.39, 0.29) is 5.82 Å². The number of halogens is 1. The normalized spacial score (nSPS) is 13.1. The SMILES string of the molecule is C/C=C\c1cc(F)ccc1C(O)c1ncc[nH]1. The van der Waals surface area contributed by atoms with Gasteiger partial charge in [0.05, 0.1) is 0 Å². The summed E-state index contributed by atoms with van der Waals surface area (Å²) in [6.45, 7) is 1.84. The lowest BCUT2D eigenvalue weighted by Crippen LogP contribution is -2.04. The van der Waals surface area contributed by atoms with Crippen LogP contribution in [-0.2, 0) is 0 Å². The van der Waals surface area contributed by atoms with Crippen LogP contribution in [0.5, 0.6) is 0 Å². The molecule has 1 aromatic carbocycles. The number of hydrogen-bond donors (Lipinski definition) is 2. The van der Waals surface area contributed by atoms with Crippen molar-refractivity contribution in [3.8, 4) is 0 Å². The number of hydrogen-bond acceptors (Lipinski definition) is 2. The minimum Gasteiger partial charge on any atom is -0.380 e. The Hall–Kier alpha value is -1.94. The van der Waals surface area contributed by atoms with Crippen molar-refractivity contribution in [1.29, 1.82) is 0 Å². The van der Waals surface area contributed by atoms with Crippen LogP contribution in [0.25, 0.3) is 6.08 Å². The van der Waals surface area contributed by atoms with Gasteiger partial charge in [-0.15, -0.1) is 0 Å². The van der Waals surface area contributed by atoms with Crippen molar-refractivity contribution in [2.75, 3.05) is 0 Å². The summed E-state index contributed by atoms with van der Waals surface area (Å²) in [4.78, 5) is 6.83. The molecule has 0 saturated carbocycles. The maximum absolute atomic E-state index is 13.1. The molecule has 1 atom stereocenters. The molecule has 2 aromatic rings. The molecular weight excluding hydrogens is 219 g/mol. The maximum atomic E-state index is 13.1. The van der Waals surface area contributed by atoms with Gasteiger partial charge in [0.15, 0.2) is 0 Å². The highest BCUT2D eigenvalue weighted by Crippen LogP contribution is 2.24. The van der Waals surface area contributed by atoms with E-state index >= 15 is 0 Å². The Labute approximate surface area is 98.6 Å². The Morgan fingerprint density at radius 1 is 1.47 bits per heavy atom. The third-order valence-corrected chi connectivity index (χ3v) is 2.47. The summed E-state index contributed by atoms with van der Waals surface area (Å²) in [5, 5.41) is 10.1. The largest absolute Gasteiger partial charge is 0.380 e. The van der Waals surface area contributed by atoms with Gasteiger partial charge in [0, 0.05) is 12.4 Å². The number of aliphatic hydroxyl groups excluding tert-OH is 1. The molecule has 4 heteroatoms. The molecule has 0 aliphatic heterocycles. The molecule has 0 aliphatic carbocycles. The number of aromatic nitrogens is 2. The highest BCUT2D eigenvalue weighted by molar-refractivity contribution is 5.55. The fraction of sp³-hybridized carbons (Fsp3) is 0.154. The van der Waals surface area contributed by atoms with Crippen molar-refractivity contribution < 1.29 is 9.50 Å². The highest BCUT2D eigenvalue weighted by Gasteiger charge is 2.15. The zero-order valence-corrected chi connectivity index (χ0v) is 9.39. The molecule has 2 N–H and O–H groups in total. The molecule has 0 bridgehead atoms. The maximum Gasteiger partial charge on any atom is 0.139 e. The molecule has 0 fully saturated rings. The van der Waals surface area contributed by atoms with Crippen molar-refractivity contribution in [1.82, 2.24) is 9.97 Å². The van der Waals surface area contributed by atoms with Crippen LogP contribution in [0, 0.1) is 5.82 Å². The van der Waals surface area contributed by atoms with E-state index in [2.05, 4.69) is 9.97 Å². The number of aromatic amines is 1. The average molecular weight is 232 g/mol. The third-order valence-electron chi connectivity index (χ3n) is 2.47. The molecule has 88 valence electrons. The van der Waals surface area contributed by atoms with Crippen LogP contribution in [-0.4, -0.2) is 15.1 Å². The lowest BCUT2D eigenvalue weighted by Gasteiger charge is -2.11. The first-order chi connectivity index (χ1) is 8.22. The summed E-state index contributed by atoms with van der Waals surface area (Å²) in [5.41, 5.74) is 1.27. The summed E-state index contributed by atoms with van der Waals surface area (Å²) in [7, 11) is 0. The summed E-state index contributed by atoms with van der Waals surface area (Å²) in [6, 6.07) is 4.29. The molecule has 2 rings (SSSR count). The average Bonchev–Trinajstić information content (AvgIpc) is 2.82. The second-order valence-corrected chi connectivity index (χ2v) is 3.65. The Morgan fingerprint density at radius 3 is 2.94 bits per heavy atom. The van der Waals surface area contributed by atoms with Crippen molar-refractivity contribution >= 4 is 6.08 Å². The van der Waals surface area contributed by atoms with E-state index in [1.54, 1.807) is 30.6 Å². The standard InChI is InChI=1S/C13H13FN2O/c1-2-3-9-8-10(14)4-5-11(9)12(17)13-15-6-7-16-13/h2-8,12,17H,1H3,(H,15,16)/b3-2-. The number of H-pyrrole nitrogens is 1. The van der Waals surface area contributed by atoms with Gasteiger partial charge in [-0.25, -0.2) is 9.37 Å². The first-order valence-electron chi connectivity index (χ1n) is 5.32. The van der Waals surface area contributed by atoms with Gasteiger partial charge in [0.1, 0.15) is 17.7 Å². The van der Waals surface area contributed by atoms with E-state index in [0.29, 0.717) is 17.0 Å². The predicted octanol–water partition coefficient (Wildman–Crippen LogP) is 2.66. The molecule has 17 heavy (non-hydrogen) atoms. The van der Waals surface area contributed by atoms with Crippen molar-refractivity contribution in [3.05, 3.63) is 59.4 Å². The third kappa shape index (κ3) is 2.42. The van der Waals surface area contributed by atoms with Gasteiger partial charge in [-0.05, 0) is 30.2 Å². The van der Waals surface area contributed by atoms with Crippen LogP contribution < -0.4 is 0 Å². The molecule has 1 heterocycles. The minimum absolute atomic E-state index is 0.325. The quantitative estimate of drug-likeness (QED) is 0.854. The van der Waals surface area contributed by atoms with Crippen LogP contribution in [0.3, 0.4) is 0 Å². The fourth-order valence-corrected chi connectivity index (χ4v) is 1.69. The Kier molecular flexibility index (Phi) is 3.35. The molecule has 0 radical (unpaired) electrons. The smallest absolute Gasteiger partial charge is 0.139 e. The zero-order chi connectivity index (χ0) is 12.3. The summed E-state index contributed by atoms with van der Waals surface area (Å²) < 4.78 is 13.1. The van der Waals surface area contributed by atoms with Gasteiger partial charge in [0.2, 0.25) is 0 Å². The Bertz CT molecular complexity index is 520. The Morgan fingerprint density at radius 2 is 2.29 bits per heavy atom. The van der Waals surface area contributed by atoms with E-state index < -0.39 is 6.10 Å². The molecule has 3 nitrogen and oxygen atoms in total. The van der Waals surface area contributed by atoms with Gasteiger partial charge in [0.25, 0.3) is 0 Å². The van der Waals surface area contributed by atoms with E-state index in [1.807, 2.05) is 6.92 Å². The topological polar surface area (TPSA) is 48.9 Å². The molecular formula is C13H13FN2O. The van der Waals surface area contributed by atoms with Gasteiger partial charge in [-0.1, -0.05) is 18.2 Å². The molecule has 1 unspecified atom stereocenters. The summed E-state index contributed by atoms with van der Waals surface area (Å²) in [6.07, 6.45) is 5.88. The lowest BCUT2D eigenvalue weighted by atomic mass is 10.0. The number of imidazole rings is 1. The highest BCUT2D eigenvalue weighted by atomic mass is 19.1. The van der Waals surface area contributed by atoms with Gasteiger partial charge in [-0.3, -0.25) is 0 Å². The number of rotatable bonds is 3. The second kappa shape index (κ2) is 4.93. The van der Waals surface area contributed by atoms with E-state index in [9.17, 15) is 9.50 Å². The van der Waals surface area contributed by atoms with Crippen LogP contribution in [0.4, 0.5) is 4.39 Å². The van der Waals surface area contributed by atoms with Crippen LogP contribution in [0.1, 0.15) is 30.0 Å². The Balaban J connectivity index is 2.44. The predicted molar refractivity (Wildman–Crippen MR) is 63.8 cm³/mol. The molecule has 0 saturated heterocycles. The fourth-order valence-electron chi connectivity index (χ4n) is 1.69. The van der Waals surface area contributed by atoms with Gasteiger partial charge < -0.3 is 10.1 Å². The summed E-state index contributed by atoms with van der Waals surface area (Å²) >= 11 is 0. The zero-order valence-electron chi connectivity index (χ0n) is 9.39. The number of aliphatic hydroxyl groups is 1. The first-order valence-corrected chi connectivity index (χ1v) is 5.32. The number of allylic oxidation sites excluding steroid dienone is 1. The second-order valence-electron chi connectivity index (χ2n) is 3.65. The van der Waals surface area contributed by atoms with E-state index in [1.165, 1.54) is 12.1 Å². The number of benzene rings is 1. The molecule has 0 aliphatic rings. The molecule has 0 amide bonds. The van der Waals surface area contributed by atoms with E-state index in [4.69, 9.17) is 0 Å². The molecule has 1 aromatic heterocycles. The van der Waals surface area contributed by atoms with Crippen LogP contribution in [0.2, 0.25) is 0 Å². The van der Waals surface area contributed by atoms with Gasteiger partial charge >= 0.3 is 0 Å². The van der Waals surface area contributed by atoms with Crippen LogP contribution in [0.15, 0.2) is 36.7 Å². The van der Waals surface area contributed by atoms with Crippen LogP contribution >= 0.6 is 0 Å². The minimum atomic E-state index is -0.878. The monoisotopic (exact) mass is 232 g/mol. The summed E-state index contributed by atoms with van der Waals surface area (Å²) in [5.74, 6) is 0.121. The van der Waals surface area contributed by atoms with Gasteiger partial charge in [-0.2, -0.15) is 0 Å².